The molecule has 2 aliphatic carbocycles. The number of thiazole rings is 1. The molecular formula is C40H51N5O8S2. The molecule has 3 aliphatic heterocycles. The van der Waals surface area contributed by atoms with Crippen LogP contribution in [0.3, 0.4) is 0 Å². The van der Waals surface area contributed by atoms with E-state index in [2.05, 4.69) is 15.0 Å². The molecule has 4 fully saturated rings. The lowest BCUT2D eigenvalue weighted by molar-refractivity contribution is -0.159. The normalized spacial score (nSPS) is 29.2. The van der Waals surface area contributed by atoms with E-state index in [1.807, 2.05) is 42.7 Å². The van der Waals surface area contributed by atoms with Crippen LogP contribution in [0.5, 0.6) is 0 Å². The number of fused-ring (bicyclic) bond motifs is 4. The summed E-state index contributed by atoms with van der Waals surface area (Å²) in [5.74, 6) is -4.23. The van der Waals surface area contributed by atoms with Crippen LogP contribution in [0.2, 0.25) is 0 Å². The number of allylic oxidation sites excluding steroid dienone is 1. The van der Waals surface area contributed by atoms with Crippen molar-refractivity contribution in [3.05, 3.63) is 52.4 Å². The van der Waals surface area contributed by atoms with Gasteiger partial charge in [0.25, 0.3) is 11.8 Å². The third kappa shape index (κ3) is 8.52. The highest BCUT2D eigenvalue weighted by Gasteiger charge is 2.63. The van der Waals surface area contributed by atoms with E-state index in [-0.39, 0.29) is 43.7 Å². The summed E-state index contributed by atoms with van der Waals surface area (Å²) in [5, 5.41) is 5.19. The lowest BCUT2D eigenvalue weighted by Gasteiger charge is -2.33. The molecule has 0 unspecified atom stereocenters. The van der Waals surface area contributed by atoms with Gasteiger partial charge in [-0.25, -0.2) is 13.4 Å². The van der Waals surface area contributed by atoms with E-state index >= 15 is 0 Å². The number of aryl methyl sites for hydroxylation is 1. The minimum Gasteiger partial charge on any atom is -0.460 e. The summed E-state index contributed by atoms with van der Waals surface area (Å²) in [6.07, 6.45) is 8.36. The van der Waals surface area contributed by atoms with E-state index in [1.54, 1.807) is 36.6 Å². The topological polar surface area (TPSA) is 172 Å². The first-order valence-electron chi connectivity index (χ1n) is 19.4. The summed E-state index contributed by atoms with van der Waals surface area (Å²) in [6.45, 7) is 7.93. The number of benzene rings is 1. The number of hydrogen-bond donors (Lipinski definition) is 2. The lowest BCUT2D eigenvalue weighted by atomic mass is 9.92. The number of nitrogens with zero attached hydrogens (tertiary/aromatic N) is 3. The van der Waals surface area contributed by atoms with Gasteiger partial charge >= 0.3 is 5.97 Å². The van der Waals surface area contributed by atoms with Crippen LogP contribution in [-0.2, 0) is 33.9 Å². The average Bonchev–Trinajstić information content (AvgIpc) is 3.96. The Kier molecular flexibility index (Phi) is 10.7. The number of amides is 4. The van der Waals surface area contributed by atoms with Crippen molar-refractivity contribution in [3.8, 4) is 11.3 Å². The van der Waals surface area contributed by atoms with Gasteiger partial charge in [0.15, 0.2) is 0 Å². The van der Waals surface area contributed by atoms with Crippen LogP contribution in [0.25, 0.3) is 11.3 Å². The van der Waals surface area contributed by atoms with Crippen molar-refractivity contribution in [3.63, 3.8) is 0 Å². The number of carbonyl (C=O) groups excluding carboxylic acids is 5. The first-order valence-corrected chi connectivity index (χ1v) is 21.9. The predicted molar refractivity (Wildman–Crippen MR) is 206 cm³/mol. The zero-order chi connectivity index (χ0) is 39.3. The fraction of sp³-hybridized carbons (Fsp3) is 0.600. The van der Waals surface area contributed by atoms with Gasteiger partial charge in [-0.2, -0.15) is 0 Å². The fourth-order valence-electron chi connectivity index (χ4n) is 8.44. The molecule has 2 saturated heterocycles. The van der Waals surface area contributed by atoms with Crippen molar-refractivity contribution in [2.75, 3.05) is 19.6 Å². The summed E-state index contributed by atoms with van der Waals surface area (Å²) in [7, 11) is -3.90. The number of nitrogens with one attached hydrogen (secondary N) is 2. The summed E-state index contributed by atoms with van der Waals surface area (Å²) < 4.78 is 33.7. The fourth-order valence-corrected chi connectivity index (χ4v) is 10.4. The highest BCUT2D eigenvalue weighted by Crippen LogP contribution is 2.47. The summed E-state index contributed by atoms with van der Waals surface area (Å²) in [4.78, 5) is 78.1. The van der Waals surface area contributed by atoms with Crippen LogP contribution < -0.4 is 10.0 Å². The molecule has 2 saturated carbocycles. The highest BCUT2D eigenvalue weighted by molar-refractivity contribution is 7.91. The van der Waals surface area contributed by atoms with Crippen LogP contribution in [0.4, 0.5) is 0 Å². The predicted octanol–water partition coefficient (Wildman–Crippen LogP) is 4.37. The monoisotopic (exact) mass is 793 g/mol. The molecule has 4 heterocycles. The van der Waals surface area contributed by atoms with Crippen molar-refractivity contribution >= 4 is 51.0 Å². The third-order valence-corrected chi connectivity index (χ3v) is 14.1. The molecule has 296 valence electrons. The second-order valence-corrected chi connectivity index (χ2v) is 19.9. The molecule has 2 aromatic rings. The summed E-state index contributed by atoms with van der Waals surface area (Å²) >= 11 is 1.53. The zero-order valence-electron chi connectivity index (χ0n) is 31.9. The molecule has 4 amide bonds. The van der Waals surface area contributed by atoms with Gasteiger partial charge in [-0.15, -0.1) is 11.3 Å². The number of ether oxygens (including phenoxy) is 1. The molecule has 6 atom stereocenters. The van der Waals surface area contributed by atoms with Crippen LogP contribution >= 0.6 is 11.3 Å². The molecule has 1 aromatic carbocycles. The Balaban J connectivity index is 1.18. The summed E-state index contributed by atoms with van der Waals surface area (Å²) in [5.41, 5.74) is -0.143. The van der Waals surface area contributed by atoms with E-state index in [0.29, 0.717) is 44.2 Å². The van der Waals surface area contributed by atoms with Gasteiger partial charge in [0.1, 0.15) is 17.2 Å². The minimum atomic E-state index is -3.90. The SMILES string of the molecule is Cc1nc(-c2cccc(C(=O)N3C[C@H]4CN5C(=O)[C@H](CC(=O)OC(C)(C)C)CCCCC/C=C\[C@@H]6C[C@@]6(C(=O)NS(=O)(=O)C6CC6)NC(=O)[C@@H]5[C@H]4C3)c2)cs1. The molecule has 7 rings (SSSR count). The second kappa shape index (κ2) is 15.1. The van der Waals surface area contributed by atoms with Crippen molar-refractivity contribution < 1.29 is 37.1 Å². The van der Waals surface area contributed by atoms with Gasteiger partial charge < -0.3 is 19.9 Å². The number of sulfonamides is 1. The van der Waals surface area contributed by atoms with Gasteiger partial charge in [-0.05, 0) is 78.4 Å². The minimum absolute atomic E-state index is 0.136. The number of hydrogen-bond acceptors (Lipinski definition) is 10. The standard InChI is InChI=1S/C40H51N5O8S2/c1-24-41-32(23-54-24)25-12-10-13-26(17-25)36(48)44-20-28-21-45-34(31(28)22-44)35(47)42-40(38(50)43-55(51,52)30-15-16-30)19-29(40)14-9-7-5-6-8-11-27(37(45)49)18-33(46)53-39(2,3)4/h9-10,12-14,17,23,27-31,34H,5-8,11,15-16,18-22H2,1-4H3,(H,42,47)(H,43,50)/b14-9-/t27-,28-,29+,31-,34-,40+/m0/s1. The molecular weight excluding hydrogens is 743 g/mol. The van der Waals surface area contributed by atoms with Crippen molar-refractivity contribution in [2.24, 2.45) is 23.7 Å². The Labute approximate surface area is 326 Å². The Hall–Kier alpha value is -4.11. The van der Waals surface area contributed by atoms with Gasteiger partial charge in [0.2, 0.25) is 21.8 Å². The smallest absolute Gasteiger partial charge is 0.307 e. The van der Waals surface area contributed by atoms with E-state index in [9.17, 15) is 32.4 Å². The maximum atomic E-state index is 14.7. The number of esters is 1. The number of carbonyl (C=O) groups is 5. The molecule has 13 nitrogen and oxygen atoms in total. The van der Waals surface area contributed by atoms with Crippen LogP contribution in [0.1, 0.15) is 93.9 Å². The molecule has 15 heteroatoms. The quantitative estimate of drug-likeness (QED) is 0.305. The first-order chi connectivity index (χ1) is 26.0. The molecule has 0 spiro atoms. The first kappa shape index (κ1) is 39.1. The van der Waals surface area contributed by atoms with Gasteiger partial charge in [-0.3, -0.25) is 28.7 Å². The summed E-state index contributed by atoms with van der Waals surface area (Å²) in [6, 6.07) is 6.25. The van der Waals surface area contributed by atoms with E-state index in [4.69, 9.17) is 4.74 Å². The number of rotatable bonds is 7. The maximum Gasteiger partial charge on any atom is 0.307 e. The highest BCUT2D eigenvalue weighted by atomic mass is 32.2. The second-order valence-electron chi connectivity index (χ2n) is 16.9. The molecule has 0 radical (unpaired) electrons. The van der Waals surface area contributed by atoms with Crippen molar-refractivity contribution in [2.45, 2.75) is 108 Å². The van der Waals surface area contributed by atoms with Crippen molar-refractivity contribution in [1.82, 2.24) is 24.8 Å². The van der Waals surface area contributed by atoms with Gasteiger partial charge in [0, 0.05) is 59.8 Å². The lowest BCUT2D eigenvalue weighted by Crippen LogP contribution is -2.58. The Morgan fingerprint density at radius 2 is 1.85 bits per heavy atom. The third-order valence-electron chi connectivity index (χ3n) is 11.5. The molecule has 0 bridgehead atoms. The zero-order valence-corrected chi connectivity index (χ0v) is 33.5. The molecule has 1 aromatic heterocycles. The van der Waals surface area contributed by atoms with E-state index < -0.39 is 68.0 Å². The van der Waals surface area contributed by atoms with Gasteiger partial charge in [0.05, 0.1) is 22.4 Å². The van der Waals surface area contributed by atoms with E-state index in [0.717, 1.165) is 29.1 Å². The Morgan fingerprint density at radius 1 is 1.07 bits per heavy atom. The van der Waals surface area contributed by atoms with Crippen LogP contribution in [0.15, 0.2) is 41.8 Å². The molecule has 55 heavy (non-hydrogen) atoms. The largest absolute Gasteiger partial charge is 0.460 e. The van der Waals surface area contributed by atoms with Crippen LogP contribution in [-0.4, -0.2) is 94.9 Å². The molecule has 5 aliphatic rings. The van der Waals surface area contributed by atoms with E-state index in [1.165, 1.54) is 11.3 Å². The molecule has 2 N–H and O–H groups in total. The maximum absolute atomic E-state index is 14.7. The Morgan fingerprint density at radius 3 is 2.56 bits per heavy atom. The van der Waals surface area contributed by atoms with Gasteiger partial charge in [-0.1, -0.05) is 37.1 Å². The number of likely N-dealkylation sites (tertiary alicyclic amines) is 1. The van der Waals surface area contributed by atoms with Crippen LogP contribution in [0, 0.1) is 30.6 Å². The van der Waals surface area contributed by atoms with Crippen molar-refractivity contribution in [1.29, 1.82) is 0 Å². The number of aromatic nitrogens is 1. The average molecular weight is 794 g/mol. The Bertz CT molecular complexity index is 2000.